The molecule has 0 bridgehead atoms. The minimum absolute atomic E-state index is 0.321. The van der Waals surface area contributed by atoms with Crippen LogP contribution in [-0.4, -0.2) is 0 Å². The Morgan fingerprint density at radius 1 is 0.667 bits per heavy atom. The van der Waals surface area contributed by atoms with Crippen molar-refractivity contribution in [3.05, 3.63) is 118 Å². The fourth-order valence-corrected chi connectivity index (χ4v) is 8.25. The molecule has 0 N–H and O–H groups in total. The summed E-state index contributed by atoms with van der Waals surface area (Å²) < 4.78 is 0. The fourth-order valence-electron chi connectivity index (χ4n) is 6.66. The van der Waals surface area contributed by atoms with Gasteiger partial charge < -0.3 is 0 Å². The first kappa shape index (κ1) is 19.9. The zero-order chi connectivity index (χ0) is 22.0. The molecule has 0 nitrogen and oxygen atoms in total. The lowest BCUT2D eigenvalue weighted by Crippen LogP contribution is -2.32. The summed E-state index contributed by atoms with van der Waals surface area (Å²) >= 11 is 8.90. The van der Waals surface area contributed by atoms with Crippen LogP contribution in [0.25, 0.3) is 11.1 Å². The summed E-state index contributed by atoms with van der Waals surface area (Å²) in [6.45, 7) is 0. The molecule has 1 aliphatic heterocycles. The van der Waals surface area contributed by atoms with Gasteiger partial charge in [0.1, 0.15) is 0 Å². The van der Waals surface area contributed by atoms with Gasteiger partial charge in [-0.05, 0) is 75.9 Å². The first-order valence-electron chi connectivity index (χ1n) is 12.1. The van der Waals surface area contributed by atoms with Crippen LogP contribution < -0.4 is 0 Å². The van der Waals surface area contributed by atoms with Crippen LogP contribution in [-0.2, 0) is 5.41 Å². The molecule has 0 radical (unpaired) electrons. The van der Waals surface area contributed by atoms with E-state index in [1.54, 1.807) is 0 Å². The highest BCUT2D eigenvalue weighted by atomic mass is 35.5. The SMILES string of the molecule is Clc1cc(C2CCCCC2)c2c(c1)C1(c3ccccc3S2)c2ccccc2-c2ccccc21. The Morgan fingerprint density at radius 2 is 1.27 bits per heavy atom. The molecule has 1 heterocycles. The molecular weight excluding hydrogens is 440 g/mol. The smallest absolute Gasteiger partial charge is 0.0736 e. The van der Waals surface area contributed by atoms with Crippen molar-refractivity contribution in [2.75, 3.05) is 0 Å². The number of rotatable bonds is 1. The van der Waals surface area contributed by atoms with Crippen LogP contribution in [0, 0.1) is 0 Å². The molecule has 0 unspecified atom stereocenters. The maximum atomic E-state index is 6.93. The van der Waals surface area contributed by atoms with Crippen LogP contribution in [0.15, 0.2) is 94.7 Å². The first-order chi connectivity index (χ1) is 16.3. The normalized spacial score (nSPS) is 17.8. The Morgan fingerprint density at radius 3 is 1.97 bits per heavy atom. The third-order valence-corrected chi connectivity index (χ3v) is 9.44. The number of benzene rings is 4. The van der Waals surface area contributed by atoms with Crippen molar-refractivity contribution < 1.29 is 0 Å². The van der Waals surface area contributed by atoms with E-state index in [4.69, 9.17) is 11.6 Å². The molecule has 2 heteroatoms. The molecule has 33 heavy (non-hydrogen) atoms. The van der Waals surface area contributed by atoms with Gasteiger partial charge in [-0.15, -0.1) is 0 Å². The molecule has 1 fully saturated rings. The van der Waals surface area contributed by atoms with E-state index >= 15 is 0 Å². The van der Waals surface area contributed by atoms with Crippen molar-refractivity contribution in [1.82, 2.24) is 0 Å². The predicted molar refractivity (Wildman–Crippen MR) is 139 cm³/mol. The minimum Gasteiger partial charge on any atom is -0.0891 e. The number of fused-ring (bicyclic) bond motifs is 9. The van der Waals surface area contributed by atoms with E-state index in [0.717, 1.165) is 5.02 Å². The molecule has 7 rings (SSSR count). The zero-order valence-electron chi connectivity index (χ0n) is 18.5. The molecule has 0 saturated heterocycles. The lowest BCUT2D eigenvalue weighted by Gasteiger charge is -2.41. The minimum atomic E-state index is -0.321. The third kappa shape index (κ3) is 2.73. The number of halogens is 1. The summed E-state index contributed by atoms with van der Waals surface area (Å²) in [5, 5.41) is 0.871. The Kier molecular flexibility index (Phi) is 4.54. The van der Waals surface area contributed by atoms with Gasteiger partial charge in [-0.1, -0.05) is 109 Å². The van der Waals surface area contributed by atoms with Gasteiger partial charge in [0.15, 0.2) is 0 Å². The van der Waals surface area contributed by atoms with E-state index in [2.05, 4.69) is 84.9 Å². The quantitative estimate of drug-likeness (QED) is 0.233. The van der Waals surface area contributed by atoms with Crippen LogP contribution in [0.4, 0.5) is 0 Å². The predicted octanol–water partition coefficient (Wildman–Crippen LogP) is 9.22. The summed E-state index contributed by atoms with van der Waals surface area (Å²) in [5.41, 5.74) is 9.37. The van der Waals surface area contributed by atoms with E-state index < -0.39 is 0 Å². The van der Waals surface area contributed by atoms with E-state index in [1.807, 2.05) is 11.8 Å². The average Bonchev–Trinajstić information content (AvgIpc) is 3.16. The van der Waals surface area contributed by atoms with Gasteiger partial charge in [-0.25, -0.2) is 0 Å². The maximum absolute atomic E-state index is 6.93. The summed E-state index contributed by atoms with van der Waals surface area (Å²) in [6.07, 6.45) is 6.55. The Labute approximate surface area is 205 Å². The average molecular weight is 465 g/mol. The van der Waals surface area contributed by atoms with Crippen molar-refractivity contribution in [1.29, 1.82) is 0 Å². The Bertz CT molecular complexity index is 1350. The third-order valence-electron chi connectivity index (χ3n) is 7.99. The molecule has 0 aromatic heterocycles. The Balaban J connectivity index is 1.62. The lowest BCUT2D eigenvalue weighted by atomic mass is 9.66. The monoisotopic (exact) mass is 464 g/mol. The lowest BCUT2D eigenvalue weighted by molar-refractivity contribution is 0.438. The van der Waals surface area contributed by atoms with Crippen molar-refractivity contribution in [2.45, 2.75) is 53.2 Å². The van der Waals surface area contributed by atoms with Crippen molar-refractivity contribution >= 4 is 23.4 Å². The summed E-state index contributed by atoms with van der Waals surface area (Å²) in [5.74, 6) is 0.605. The van der Waals surface area contributed by atoms with Gasteiger partial charge in [0.2, 0.25) is 0 Å². The van der Waals surface area contributed by atoms with Gasteiger partial charge in [0.05, 0.1) is 5.41 Å². The second-order valence-corrected chi connectivity index (χ2v) is 11.1. The maximum Gasteiger partial charge on any atom is 0.0736 e. The molecule has 1 spiro atoms. The zero-order valence-corrected chi connectivity index (χ0v) is 20.1. The number of hydrogen-bond acceptors (Lipinski definition) is 1. The van der Waals surface area contributed by atoms with E-state index in [0.29, 0.717) is 5.92 Å². The molecule has 4 aromatic rings. The molecule has 1 saturated carbocycles. The van der Waals surface area contributed by atoms with E-state index in [9.17, 15) is 0 Å². The van der Waals surface area contributed by atoms with Crippen LogP contribution in [0.3, 0.4) is 0 Å². The molecule has 3 aliphatic rings. The van der Waals surface area contributed by atoms with E-state index in [1.165, 1.54) is 80.8 Å². The molecule has 162 valence electrons. The largest absolute Gasteiger partial charge is 0.0891 e. The number of hydrogen-bond donors (Lipinski definition) is 0. The molecule has 0 amide bonds. The van der Waals surface area contributed by atoms with Gasteiger partial charge in [0.25, 0.3) is 0 Å². The van der Waals surface area contributed by atoms with Crippen LogP contribution in [0.2, 0.25) is 5.02 Å². The summed E-state index contributed by atoms with van der Waals surface area (Å²) in [7, 11) is 0. The fraction of sp³-hybridized carbons (Fsp3) is 0.226. The van der Waals surface area contributed by atoms with Gasteiger partial charge in [-0.3, -0.25) is 0 Å². The highest BCUT2D eigenvalue weighted by Crippen LogP contribution is 2.63. The second-order valence-electron chi connectivity index (χ2n) is 9.65. The van der Waals surface area contributed by atoms with Gasteiger partial charge >= 0.3 is 0 Å². The van der Waals surface area contributed by atoms with Crippen molar-refractivity contribution in [3.63, 3.8) is 0 Å². The summed E-state index contributed by atoms with van der Waals surface area (Å²) in [4.78, 5) is 2.81. The van der Waals surface area contributed by atoms with Crippen molar-refractivity contribution in [2.24, 2.45) is 0 Å². The Hall–Kier alpha value is -2.48. The molecule has 2 aliphatic carbocycles. The molecule has 4 aromatic carbocycles. The highest BCUT2D eigenvalue weighted by molar-refractivity contribution is 7.99. The summed E-state index contributed by atoms with van der Waals surface area (Å²) in [6, 6.07) is 31.6. The van der Waals surface area contributed by atoms with Gasteiger partial charge in [0, 0.05) is 14.8 Å². The standard InChI is InChI=1S/C31H25ClS/c32-21-18-24(20-10-2-1-3-11-20)30-28(19-21)31(27-16-8-9-17-29(27)33-30)25-14-6-4-12-22(25)23-13-5-7-15-26(23)31/h4-9,12-20H,1-3,10-11H2. The first-order valence-corrected chi connectivity index (χ1v) is 13.3. The second kappa shape index (κ2) is 7.52. The molecular formula is C31H25ClS. The van der Waals surface area contributed by atoms with E-state index in [-0.39, 0.29) is 5.41 Å². The van der Waals surface area contributed by atoms with Gasteiger partial charge in [-0.2, -0.15) is 0 Å². The molecule has 0 atom stereocenters. The van der Waals surface area contributed by atoms with Crippen LogP contribution in [0.5, 0.6) is 0 Å². The topological polar surface area (TPSA) is 0 Å². The van der Waals surface area contributed by atoms with Crippen LogP contribution >= 0.6 is 23.4 Å². The highest BCUT2D eigenvalue weighted by Gasteiger charge is 2.50. The van der Waals surface area contributed by atoms with Crippen LogP contribution in [0.1, 0.15) is 65.8 Å². The van der Waals surface area contributed by atoms with Crippen molar-refractivity contribution in [3.8, 4) is 11.1 Å².